The van der Waals surface area contributed by atoms with E-state index in [4.69, 9.17) is 9.47 Å². The minimum atomic E-state index is -0.703. The molecule has 0 N–H and O–H groups in total. The van der Waals surface area contributed by atoms with E-state index in [9.17, 15) is 9.59 Å². The van der Waals surface area contributed by atoms with E-state index in [0.29, 0.717) is 23.0 Å². The van der Waals surface area contributed by atoms with Crippen LogP contribution in [0.3, 0.4) is 0 Å². The first-order valence-corrected chi connectivity index (χ1v) is 14.0. The highest BCUT2D eigenvalue weighted by Gasteiger charge is 2.21. The highest BCUT2D eigenvalue weighted by molar-refractivity contribution is 5.90. The molecule has 0 radical (unpaired) electrons. The number of carbonyl (C=O) groups excluding carboxylic acids is 2. The van der Waals surface area contributed by atoms with Crippen molar-refractivity contribution >= 4 is 11.9 Å². The lowest BCUT2D eigenvalue weighted by Crippen LogP contribution is -2.19. The summed E-state index contributed by atoms with van der Waals surface area (Å²) in [5.74, 6) is 0.352. The van der Waals surface area contributed by atoms with Crippen LogP contribution in [0.5, 0.6) is 0 Å². The van der Waals surface area contributed by atoms with Crippen molar-refractivity contribution in [3.8, 4) is 0 Å². The summed E-state index contributed by atoms with van der Waals surface area (Å²) < 4.78 is 11.4. The molecule has 3 atom stereocenters. The summed E-state index contributed by atoms with van der Waals surface area (Å²) in [6.07, 6.45) is 5.99. The summed E-state index contributed by atoms with van der Waals surface area (Å²) in [7, 11) is 0. The molecule has 0 fully saturated rings. The van der Waals surface area contributed by atoms with Crippen LogP contribution in [0.4, 0.5) is 0 Å². The molecule has 0 bridgehead atoms. The first-order valence-electron chi connectivity index (χ1n) is 14.0. The van der Waals surface area contributed by atoms with Crippen molar-refractivity contribution in [1.29, 1.82) is 0 Å². The predicted molar refractivity (Wildman–Crippen MR) is 153 cm³/mol. The highest BCUT2D eigenvalue weighted by Crippen LogP contribution is 2.22. The fourth-order valence-electron chi connectivity index (χ4n) is 4.85. The third-order valence-electron chi connectivity index (χ3n) is 6.90. The van der Waals surface area contributed by atoms with Crippen LogP contribution in [-0.4, -0.2) is 18.5 Å². The molecule has 0 aromatic heterocycles. The number of carbonyl (C=O) groups is 2. The molecule has 0 heterocycles. The van der Waals surface area contributed by atoms with Crippen molar-refractivity contribution in [3.05, 3.63) is 107 Å². The van der Waals surface area contributed by atoms with Crippen LogP contribution in [0.15, 0.2) is 78.9 Å². The van der Waals surface area contributed by atoms with Gasteiger partial charge in [-0.1, -0.05) is 108 Å². The third kappa shape index (κ3) is 9.16. The molecule has 0 saturated heterocycles. The van der Waals surface area contributed by atoms with Crippen molar-refractivity contribution in [2.45, 2.75) is 72.3 Å². The first kappa shape index (κ1) is 29.2. The number of hydrogen-bond donors (Lipinski definition) is 0. The first-order chi connectivity index (χ1) is 18.4. The minimum Gasteiger partial charge on any atom is -0.458 e. The van der Waals surface area contributed by atoms with E-state index < -0.39 is 18.0 Å². The molecule has 0 aliphatic rings. The van der Waals surface area contributed by atoms with Crippen molar-refractivity contribution in [3.63, 3.8) is 0 Å². The summed E-state index contributed by atoms with van der Waals surface area (Å²) in [6, 6.07) is 24.6. The molecule has 3 aromatic rings. The van der Waals surface area contributed by atoms with E-state index in [1.54, 1.807) is 0 Å². The van der Waals surface area contributed by atoms with E-state index >= 15 is 0 Å². The number of hydrogen-bond acceptors (Lipinski definition) is 4. The van der Waals surface area contributed by atoms with Crippen LogP contribution in [-0.2, 0) is 22.3 Å². The second kappa shape index (κ2) is 15.1. The van der Waals surface area contributed by atoms with Gasteiger partial charge in [-0.2, -0.15) is 0 Å². The summed E-state index contributed by atoms with van der Waals surface area (Å²) in [5, 5.41) is 0. The topological polar surface area (TPSA) is 52.6 Å². The lowest BCUT2D eigenvalue weighted by atomic mass is 9.96. The highest BCUT2D eigenvalue weighted by atomic mass is 16.6. The van der Waals surface area contributed by atoms with Gasteiger partial charge in [0.1, 0.15) is 6.61 Å². The molecule has 4 heteroatoms. The van der Waals surface area contributed by atoms with Crippen molar-refractivity contribution in [1.82, 2.24) is 0 Å². The number of rotatable bonds is 14. The van der Waals surface area contributed by atoms with E-state index in [0.717, 1.165) is 18.4 Å². The van der Waals surface area contributed by atoms with Gasteiger partial charge in [0, 0.05) is 0 Å². The standard InChI is InChI=1S/C34H42O4/c1-5-10-25(3)22-27-14-18-30(19-15-27)33(35)37-24-32(29-12-8-7-9-13-29)38-34(36)31-20-16-28(17-21-31)23-26(4)11-6-2/h7-9,12-21,25-26,32H,5-6,10-11,22-24H2,1-4H3. The largest absolute Gasteiger partial charge is 0.458 e. The fourth-order valence-corrected chi connectivity index (χ4v) is 4.85. The molecule has 0 amide bonds. The van der Waals surface area contributed by atoms with Crippen LogP contribution in [0, 0.1) is 11.8 Å². The third-order valence-corrected chi connectivity index (χ3v) is 6.90. The van der Waals surface area contributed by atoms with E-state index in [2.05, 4.69) is 27.7 Å². The maximum absolute atomic E-state index is 13.0. The second-order valence-electron chi connectivity index (χ2n) is 10.5. The predicted octanol–water partition coefficient (Wildman–Crippen LogP) is 8.40. The molecule has 0 spiro atoms. The van der Waals surface area contributed by atoms with Crippen molar-refractivity contribution < 1.29 is 19.1 Å². The maximum atomic E-state index is 13.0. The van der Waals surface area contributed by atoms with E-state index in [-0.39, 0.29) is 6.61 Å². The van der Waals surface area contributed by atoms with Gasteiger partial charge in [0.25, 0.3) is 0 Å². The Bertz CT molecular complexity index is 1120. The van der Waals surface area contributed by atoms with Crippen LogP contribution < -0.4 is 0 Å². The molecule has 202 valence electrons. The summed E-state index contributed by atoms with van der Waals surface area (Å²) in [5.41, 5.74) is 4.17. The molecular formula is C34H42O4. The Morgan fingerprint density at radius 2 is 1.13 bits per heavy atom. The van der Waals surface area contributed by atoms with Gasteiger partial charge in [0.2, 0.25) is 0 Å². The molecule has 0 aliphatic heterocycles. The van der Waals surface area contributed by atoms with Crippen LogP contribution in [0.1, 0.15) is 96.9 Å². The van der Waals surface area contributed by atoms with Gasteiger partial charge in [-0.05, 0) is 65.6 Å². The Labute approximate surface area is 228 Å². The second-order valence-corrected chi connectivity index (χ2v) is 10.5. The normalized spacial score (nSPS) is 13.4. The molecule has 38 heavy (non-hydrogen) atoms. The van der Waals surface area contributed by atoms with Crippen molar-refractivity contribution in [2.24, 2.45) is 11.8 Å². The Hall–Kier alpha value is -3.40. The zero-order valence-corrected chi connectivity index (χ0v) is 23.3. The minimum absolute atomic E-state index is 0.0590. The summed E-state index contributed by atoms with van der Waals surface area (Å²) in [6.45, 7) is 8.83. The van der Waals surface area contributed by atoms with E-state index in [1.807, 2.05) is 78.9 Å². The molecule has 0 saturated carbocycles. The molecule has 0 aliphatic carbocycles. The Morgan fingerprint density at radius 1 is 0.658 bits per heavy atom. The number of benzene rings is 3. The summed E-state index contributed by atoms with van der Waals surface area (Å²) in [4.78, 5) is 25.8. The summed E-state index contributed by atoms with van der Waals surface area (Å²) >= 11 is 0. The van der Waals surface area contributed by atoms with Gasteiger partial charge in [-0.25, -0.2) is 9.59 Å². The Morgan fingerprint density at radius 3 is 1.61 bits per heavy atom. The van der Waals surface area contributed by atoms with Crippen molar-refractivity contribution in [2.75, 3.05) is 6.61 Å². The van der Waals surface area contributed by atoms with Crippen LogP contribution in [0.25, 0.3) is 0 Å². The molecule has 3 aromatic carbocycles. The van der Waals surface area contributed by atoms with Crippen LogP contribution in [0.2, 0.25) is 0 Å². The quantitative estimate of drug-likeness (QED) is 0.203. The number of esters is 2. The Kier molecular flexibility index (Phi) is 11.6. The molecule has 3 unspecified atom stereocenters. The SMILES string of the molecule is CCCC(C)Cc1ccc(C(=O)OCC(OC(=O)c2ccc(CC(C)CCC)cc2)c2ccccc2)cc1. The monoisotopic (exact) mass is 514 g/mol. The Balaban J connectivity index is 1.62. The van der Waals surface area contributed by atoms with Crippen LogP contribution >= 0.6 is 0 Å². The zero-order valence-electron chi connectivity index (χ0n) is 23.3. The molecule has 3 rings (SSSR count). The average molecular weight is 515 g/mol. The molecule has 4 nitrogen and oxygen atoms in total. The number of ether oxygens (including phenoxy) is 2. The van der Waals surface area contributed by atoms with Gasteiger partial charge < -0.3 is 9.47 Å². The van der Waals surface area contributed by atoms with Gasteiger partial charge in [-0.15, -0.1) is 0 Å². The van der Waals surface area contributed by atoms with E-state index in [1.165, 1.54) is 36.8 Å². The lowest BCUT2D eigenvalue weighted by molar-refractivity contribution is -0.00133. The maximum Gasteiger partial charge on any atom is 0.338 e. The zero-order chi connectivity index (χ0) is 27.3. The fraction of sp³-hybridized carbons (Fsp3) is 0.412. The lowest BCUT2D eigenvalue weighted by Gasteiger charge is -2.19. The van der Waals surface area contributed by atoms with Gasteiger partial charge in [0.05, 0.1) is 11.1 Å². The molecular weight excluding hydrogens is 472 g/mol. The van der Waals surface area contributed by atoms with Gasteiger partial charge in [0.15, 0.2) is 6.10 Å². The average Bonchev–Trinajstić information content (AvgIpc) is 2.92. The van der Waals surface area contributed by atoms with Gasteiger partial charge >= 0.3 is 11.9 Å². The van der Waals surface area contributed by atoms with Gasteiger partial charge in [-0.3, -0.25) is 0 Å². The smallest absolute Gasteiger partial charge is 0.338 e.